The molecule has 5 heavy (non-hydrogen) atoms. The Kier molecular flexibility index (Phi) is 17.1. The van der Waals surface area contributed by atoms with Gasteiger partial charge in [-0.25, -0.2) is 0 Å². The van der Waals surface area contributed by atoms with Gasteiger partial charge in [-0.1, -0.05) is 5.28 Å². The molecule has 0 saturated heterocycles. The van der Waals surface area contributed by atoms with Crippen molar-refractivity contribution in [2.45, 2.75) is 5.28 Å². The van der Waals surface area contributed by atoms with Crippen LogP contribution in [0.4, 0.5) is 0 Å². The lowest BCUT2D eigenvalue weighted by Crippen LogP contribution is -1.73. The fourth-order valence-electron chi connectivity index (χ4n) is 0. The number of aliphatic hydroxyl groups is 1. The first kappa shape index (κ1) is 9.54. The molecule has 0 aromatic rings. The molecule has 0 unspecified atom stereocenters. The van der Waals surface area contributed by atoms with Gasteiger partial charge in [0, 0.05) is 6.61 Å². The number of rotatable bonds is 1. The molecule has 0 spiro atoms. The van der Waals surface area contributed by atoms with E-state index in [0.29, 0.717) is 0 Å². The fourth-order valence-corrected chi connectivity index (χ4v) is 0. The molecule has 1 N–H and O–H groups in total. The van der Waals surface area contributed by atoms with Crippen LogP contribution in [0.15, 0.2) is 0 Å². The summed E-state index contributed by atoms with van der Waals surface area (Å²) in [5.41, 5.74) is 0. The summed E-state index contributed by atoms with van der Waals surface area (Å²) in [7, 11) is 0. The molecule has 1 nitrogen and oxygen atoms in total. The van der Waals surface area contributed by atoms with Crippen LogP contribution in [0.25, 0.3) is 0 Å². The van der Waals surface area contributed by atoms with Gasteiger partial charge in [-0.05, 0) is 0 Å². The van der Waals surface area contributed by atoms with Crippen LogP contribution in [0.1, 0.15) is 0 Å². The van der Waals surface area contributed by atoms with Crippen LogP contribution in [0, 0.1) is 0 Å². The lowest BCUT2D eigenvalue weighted by molar-refractivity contribution is 0.319. The summed E-state index contributed by atoms with van der Waals surface area (Å²) >= 11 is 2.41. The standard InChI is InChI=1S/C2H5O.Al.Mg.2H/c1-2-3;;;;/h3H,1-2H2;;;;. The number of hydrogen-bond donors (Lipinski definition) is 1. The van der Waals surface area contributed by atoms with E-state index in [1.54, 1.807) is 0 Å². The second kappa shape index (κ2) is 8.98. The zero-order valence-electron chi connectivity index (χ0n) is 2.44. The molecule has 0 aliphatic rings. The Balaban J connectivity index is 0. The topological polar surface area (TPSA) is 20.2 Å². The van der Waals surface area contributed by atoms with Gasteiger partial charge in [0.2, 0.25) is 0 Å². The second-order valence-corrected chi connectivity index (χ2v) is 1.09. The van der Waals surface area contributed by atoms with Crippen molar-refractivity contribution in [3.8, 4) is 0 Å². The molecule has 2 radical (unpaired) electrons. The average Bonchev–Trinajstić information content (AvgIpc) is 1.37. The Morgan fingerprint density at radius 2 is 1.80 bits per heavy atom. The summed E-state index contributed by atoms with van der Waals surface area (Å²) in [4.78, 5) is 0. The molecule has 0 rings (SSSR count). The van der Waals surface area contributed by atoms with Gasteiger partial charge in [0.05, 0.1) is 0 Å². The summed E-state index contributed by atoms with van der Waals surface area (Å²) < 4.78 is 0. The lowest BCUT2D eigenvalue weighted by Gasteiger charge is -1.69. The number of aliphatic hydroxyl groups excluding tert-OH is 1. The molecule has 0 aliphatic heterocycles. The van der Waals surface area contributed by atoms with Crippen LogP contribution in [-0.4, -0.2) is 51.1 Å². The summed E-state index contributed by atoms with van der Waals surface area (Å²) in [6.07, 6.45) is 0. The van der Waals surface area contributed by atoms with E-state index in [0.717, 1.165) is 5.28 Å². The summed E-state index contributed by atoms with van der Waals surface area (Å²) in [6.45, 7) is 0.282. The maximum atomic E-state index is 7.85. The highest BCUT2D eigenvalue weighted by Crippen LogP contribution is 1.56. The van der Waals surface area contributed by atoms with Gasteiger partial charge in [-0.2, -0.15) is 0 Å². The summed E-state index contributed by atoms with van der Waals surface area (Å²) in [5, 5.41) is 8.65. The zero-order valence-corrected chi connectivity index (χ0v) is 3.59. The molecule has 3 heteroatoms. The third-order valence-corrected chi connectivity index (χ3v) is 0.387. The minimum Gasteiger partial charge on any atom is -0.398 e. The van der Waals surface area contributed by atoms with Crippen molar-refractivity contribution in [1.82, 2.24) is 0 Å². The van der Waals surface area contributed by atoms with E-state index in [1.165, 1.54) is 0 Å². The third kappa shape index (κ3) is 10.9. The van der Waals surface area contributed by atoms with Crippen molar-refractivity contribution in [2.24, 2.45) is 0 Å². The first-order valence-electron chi connectivity index (χ1n) is 1.22. The molecule has 0 bridgehead atoms. The van der Waals surface area contributed by atoms with Crippen LogP contribution in [0.3, 0.4) is 0 Å². The van der Waals surface area contributed by atoms with Crippen LogP contribution in [-0.2, 0) is 0 Å². The normalized spacial score (nSPS) is 5.80. The first-order valence-corrected chi connectivity index (χ1v) is 2.04. The van der Waals surface area contributed by atoms with Crippen molar-refractivity contribution in [3.05, 3.63) is 0 Å². The van der Waals surface area contributed by atoms with Gasteiger partial charge >= 0.3 is 23.1 Å². The van der Waals surface area contributed by atoms with E-state index >= 15 is 0 Å². The Hall–Kier alpha value is 1.26. The van der Waals surface area contributed by atoms with E-state index in [1.807, 2.05) is 0 Å². The van der Waals surface area contributed by atoms with Crippen LogP contribution in [0.2, 0.25) is 5.28 Å². The largest absolute Gasteiger partial charge is 0.398 e. The zero-order chi connectivity index (χ0) is 3.41. The third-order valence-electron chi connectivity index (χ3n) is 0.129. The van der Waals surface area contributed by atoms with Gasteiger partial charge in [0.15, 0.2) is 0 Å². The fraction of sp³-hybridized carbons (Fsp3) is 1.00. The molecule has 0 aliphatic carbocycles. The highest BCUT2D eigenvalue weighted by atomic mass is 27.0. The van der Waals surface area contributed by atoms with Gasteiger partial charge in [-0.3, -0.25) is 0 Å². The summed E-state index contributed by atoms with van der Waals surface area (Å²) in [6, 6.07) is 0. The quantitative estimate of drug-likeness (QED) is 0.402. The Morgan fingerprint density at radius 3 is 1.80 bits per heavy atom. The minimum absolute atomic E-state index is 0. The van der Waals surface area contributed by atoms with Gasteiger partial charge < -0.3 is 5.11 Å². The van der Waals surface area contributed by atoms with Gasteiger partial charge in [0.1, 0.15) is 16.3 Å². The highest BCUT2D eigenvalue weighted by molar-refractivity contribution is 6.08. The maximum Gasteiger partial charge on any atom is 0.316 e. The minimum atomic E-state index is 0. The first-order chi connectivity index (χ1) is 1.91. The van der Waals surface area contributed by atoms with Crippen molar-refractivity contribution in [1.29, 1.82) is 0 Å². The Labute approximate surface area is 56.3 Å². The van der Waals surface area contributed by atoms with Crippen molar-refractivity contribution >= 4 is 39.3 Å². The smallest absolute Gasteiger partial charge is 0.316 e. The molecule has 0 aromatic carbocycles. The van der Waals surface area contributed by atoms with Gasteiger partial charge in [0.25, 0.3) is 0 Å². The van der Waals surface area contributed by atoms with Crippen LogP contribution in [0.5, 0.6) is 0 Å². The molecule has 0 fully saturated rings. The van der Waals surface area contributed by atoms with E-state index in [4.69, 9.17) is 5.11 Å². The molecule has 0 saturated carbocycles. The van der Waals surface area contributed by atoms with E-state index in [9.17, 15) is 0 Å². The number of hydrogen-bond acceptors (Lipinski definition) is 1. The van der Waals surface area contributed by atoms with Crippen molar-refractivity contribution < 1.29 is 5.11 Å². The molecule has 0 heterocycles. The van der Waals surface area contributed by atoms with Crippen LogP contribution >= 0.6 is 0 Å². The lowest BCUT2D eigenvalue weighted by atomic mass is 10.9. The molecular weight excluding hydrogens is 91.3 g/mol. The highest BCUT2D eigenvalue weighted by Gasteiger charge is 1.57. The van der Waals surface area contributed by atoms with E-state index in [2.05, 4.69) is 16.3 Å². The maximum absolute atomic E-state index is 7.85. The molecule has 0 amide bonds. The van der Waals surface area contributed by atoms with Gasteiger partial charge in [-0.15, -0.1) is 0 Å². The Bertz CT molecular complexity index is 11.6. The predicted octanol–water partition coefficient (Wildman–Crippen LogP) is -1.35. The Morgan fingerprint density at radius 1 is 1.60 bits per heavy atom. The van der Waals surface area contributed by atoms with E-state index in [-0.39, 0.29) is 29.7 Å². The predicted molar refractivity (Wildman–Crippen MR) is 26.2 cm³/mol. The average molecular weight is 98.4 g/mol. The second-order valence-electron chi connectivity index (χ2n) is 0.512. The summed E-state index contributed by atoms with van der Waals surface area (Å²) in [5.74, 6) is 0. The SMILES string of the molecule is OC[CH2][Al].[MgH2]. The molecule has 0 aromatic heterocycles. The monoisotopic (exact) mass is 98.0 g/mol. The molecular formula is C2H7AlMgO. The van der Waals surface area contributed by atoms with Crippen LogP contribution < -0.4 is 0 Å². The molecule has 26 valence electrons. The molecule has 0 atom stereocenters. The van der Waals surface area contributed by atoms with Crippen molar-refractivity contribution in [3.63, 3.8) is 0 Å². The van der Waals surface area contributed by atoms with E-state index < -0.39 is 0 Å². The van der Waals surface area contributed by atoms with Crippen molar-refractivity contribution in [2.75, 3.05) is 6.61 Å².